The molecule has 596 valence electrons. The van der Waals surface area contributed by atoms with E-state index in [1.165, 1.54) is 44.4 Å². The van der Waals surface area contributed by atoms with Crippen molar-refractivity contribution in [1.82, 2.24) is 25.6 Å². The second-order valence-electron chi connectivity index (χ2n) is 29.6. The van der Waals surface area contributed by atoms with E-state index in [1.807, 2.05) is 60.1 Å². The van der Waals surface area contributed by atoms with Crippen molar-refractivity contribution < 1.29 is 99.6 Å². The van der Waals surface area contributed by atoms with E-state index in [9.17, 15) is 38.7 Å². The lowest BCUT2D eigenvalue weighted by molar-refractivity contribution is -0.234. The zero-order valence-corrected chi connectivity index (χ0v) is 64.1. The molecule has 6 aliphatic rings. The molecule has 26 nitrogen and oxygen atoms in total. The number of aliphatic hydroxyl groups excluding tert-OH is 1. The predicted molar refractivity (Wildman–Crippen MR) is 399 cm³/mol. The molecule has 1 aromatic heterocycles. The van der Waals surface area contributed by atoms with Crippen LogP contribution in [-0.2, 0) is 89.3 Å². The smallest absolute Gasteiger partial charge is 0.227 e. The Morgan fingerprint density at radius 3 is 2.11 bits per heavy atom. The van der Waals surface area contributed by atoms with Gasteiger partial charge in [0.05, 0.1) is 141 Å². The van der Waals surface area contributed by atoms with Gasteiger partial charge in [-0.3, -0.25) is 33.6 Å². The number of nitrogens with one attached hydrogen (secondary N) is 3. The molecule has 0 spiro atoms. The molecule has 1 saturated heterocycles. The highest BCUT2D eigenvalue weighted by molar-refractivity contribution is 6.03. The van der Waals surface area contributed by atoms with Gasteiger partial charge in [-0.1, -0.05) is 108 Å². The molecule has 4 fully saturated rings. The molecule has 10 rings (SSSR count). The van der Waals surface area contributed by atoms with Gasteiger partial charge in [0.15, 0.2) is 29.1 Å². The standard InChI is InChI=1S/C81H109F2N7O19/c1-9-11-30-100-34-38-104-41-37-103-33-29-90-76-57-18-13-12-17-54(57)50-89(64-20-15-14-19-58(64)75(76)87-88-90)72(97)24-23-70(95)84-28-32-102-36-40-106-43-42-105-39-35-101-31-26-71(96)86-74(52(3)4)65(92)44-53(5)77(98)85-63-22-21-56(46-66(63)99-8)107-51-68(94)81-69(108-73(109-81)16-10-2)48-59-60-47-62(82)61-45-55(91)25-27-78(61,6)80(60,83)67(93)49-79(59,81)7/h12-15,17-22,25,27,45-46,52-53,59-60,62,67,69,73-74,93H,9-11,16,23-24,26,28-44,47-51H2,1-8H3,(H,84,95)(H,85,98)(H,86,96)/t53-,59+,60+,62+,67+,69-,73?,74+,78+,79+,80+,81-/m1/s1. The number of nitrogens with zero attached hydrogens (tertiary/aromatic N) is 4. The summed E-state index contributed by atoms with van der Waals surface area (Å²) in [6, 6.07) is 19.2. The monoisotopic (exact) mass is 1520 g/mol. The minimum Gasteiger partial charge on any atom is -0.494 e. The molecule has 109 heavy (non-hydrogen) atoms. The average Bonchev–Trinajstić information content (AvgIpc) is 1.56. The number of halogens is 2. The number of aliphatic hydroxyl groups is 1. The number of hydrogen-bond acceptors (Lipinski definition) is 21. The lowest BCUT2D eigenvalue weighted by Crippen LogP contribution is -2.71. The van der Waals surface area contributed by atoms with E-state index in [0.29, 0.717) is 83.6 Å². The number of amides is 4. The van der Waals surface area contributed by atoms with Crippen molar-refractivity contribution in [2.75, 3.05) is 123 Å². The number of allylic oxidation sites excluding steroid dienone is 4. The molecule has 3 heterocycles. The number of fused-ring (bicyclic) bond motifs is 12. The zero-order chi connectivity index (χ0) is 77.9. The van der Waals surface area contributed by atoms with Crippen molar-refractivity contribution in [3.05, 3.63) is 96.1 Å². The van der Waals surface area contributed by atoms with E-state index in [1.54, 1.807) is 32.6 Å². The van der Waals surface area contributed by atoms with Crippen LogP contribution in [0.2, 0.25) is 0 Å². The number of hydrogen-bond donors (Lipinski definition) is 4. The summed E-state index contributed by atoms with van der Waals surface area (Å²) >= 11 is 0. The summed E-state index contributed by atoms with van der Waals surface area (Å²) in [7, 11) is 1.39. The fourth-order valence-electron chi connectivity index (χ4n) is 16.4. The fourth-order valence-corrected chi connectivity index (χ4v) is 16.4. The maximum absolute atomic E-state index is 18.0. The van der Waals surface area contributed by atoms with Gasteiger partial charge >= 0.3 is 0 Å². The van der Waals surface area contributed by atoms with Gasteiger partial charge in [0.25, 0.3) is 0 Å². The molecule has 12 atom stereocenters. The van der Waals surface area contributed by atoms with Crippen LogP contribution in [0.15, 0.2) is 90.5 Å². The number of rotatable bonds is 44. The summed E-state index contributed by atoms with van der Waals surface area (Å²) in [6.07, 6.45) is 1.54. The number of carbonyl (C=O) groups excluding carboxylic acids is 7. The first-order chi connectivity index (χ1) is 52.5. The minimum atomic E-state index is -2.36. The lowest BCUT2D eigenvalue weighted by Gasteiger charge is -2.63. The molecule has 4 aliphatic carbocycles. The number of para-hydroxylation sites is 1. The Bertz CT molecular complexity index is 3860. The maximum Gasteiger partial charge on any atom is 0.227 e. The van der Waals surface area contributed by atoms with E-state index < -0.39 is 101 Å². The molecule has 0 radical (unpaired) electrons. The van der Waals surface area contributed by atoms with E-state index in [0.717, 1.165) is 47.9 Å². The van der Waals surface area contributed by atoms with Crippen LogP contribution in [0.1, 0.15) is 125 Å². The Morgan fingerprint density at radius 1 is 0.761 bits per heavy atom. The molecule has 4 N–H and O–H groups in total. The number of ether oxygens (including phenoxy) is 11. The van der Waals surface area contributed by atoms with Crippen LogP contribution in [0.4, 0.5) is 20.2 Å². The number of Topliss-reactive ketones (excluding diaryl/α,β-unsaturated/α-hetero) is 2. The van der Waals surface area contributed by atoms with E-state index in [-0.39, 0.29) is 137 Å². The van der Waals surface area contributed by atoms with Crippen molar-refractivity contribution in [2.45, 2.75) is 174 Å². The number of aromatic nitrogens is 3. The number of methoxy groups -OCH3 is 1. The van der Waals surface area contributed by atoms with Gasteiger partial charge in [0.1, 0.15) is 30.0 Å². The van der Waals surface area contributed by atoms with E-state index in [4.69, 9.17) is 52.1 Å². The molecular formula is C81H109F2N7O19. The third-order valence-corrected chi connectivity index (χ3v) is 22.1. The van der Waals surface area contributed by atoms with Crippen LogP contribution in [0, 0.1) is 34.5 Å². The number of carbonyl (C=O) groups is 7. The predicted octanol–water partition coefficient (Wildman–Crippen LogP) is 9.20. The Balaban J connectivity index is 0.574. The maximum atomic E-state index is 18.0. The highest BCUT2D eigenvalue weighted by Gasteiger charge is 2.80. The number of ketones is 3. The number of benzene rings is 3. The lowest BCUT2D eigenvalue weighted by atomic mass is 9.44. The minimum absolute atomic E-state index is 0.00434. The van der Waals surface area contributed by atoms with Crippen molar-refractivity contribution in [1.29, 1.82) is 0 Å². The van der Waals surface area contributed by atoms with Crippen LogP contribution in [0.5, 0.6) is 11.5 Å². The van der Waals surface area contributed by atoms with Crippen LogP contribution in [-0.4, -0.2) is 216 Å². The average molecular weight is 1520 g/mol. The zero-order valence-electron chi connectivity index (χ0n) is 64.1. The van der Waals surface area contributed by atoms with Gasteiger partial charge in [-0.05, 0) is 92.4 Å². The van der Waals surface area contributed by atoms with Crippen LogP contribution < -0.4 is 30.3 Å². The molecule has 4 aromatic rings. The SMILES string of the molecule is CCCCOCCOCCOCCn1nnc2c1-c1ccccc1CN(C(=O)CCC(=O)NCCOCCOCCOCCOCCC(=O)N[C@H](C(=O)C[C@@H](C)C(=O)Nc1ccc(OCC(=O)[C@@]34OC(CCC)O[C@@H]3C[C@H]3[C@@H]5C[C@H](F)C6=CC(=O)C=C[C@]6(C)[C@@]5(F)[C@@H](O)C[C@@]34C)cc1OC)C(C)C)c1ccccc1-2. The van der Waals surface area contributed by atoms with Crippen molar-refractivity contribution >= 4 is 52.4 Å². The van der Waals surface area contributed by atoms with Gasteiger partial charge in [0.2, 0.25) is 29.4 Å². The summed E-state index contributed by atoms with van der Waals surface area (Å²) < 4.78 is 101. The van der Waals surface area contributed by atoms with Crippen molar-refractivity contribution in [3.8, 4) is 34.0 Å². The van der Waals surface area contributed by atoms with Gasteiger partial charge in [-0.25, -0.2) is 13.5 Å². The summed E-state index contributed by atoms with van der Waals surface area (Å²) in [5.74, 6) is -5.09. The first-order valence-electron chi connectivity index (χ1n) is 38.5. The Kier molecular flexibility index (Phi) is 29.9. The van der Waals surface area contributed by atoms with E-state index >= 15 is 8.78 Å². The van der Waals surface area contributed by atoms with Gasteiger partial charge in [-0.15, -0.1) is 5.10 Å². The van der Waals surface area contributed by atoms with Crippen LogP contribution in [0.25, 0.3) is 22.5 Å². The first kappa shape index (κ1) is 83.7. The Hall–Kier alpha value is -7.77. The second kappa shape index (κ2) is 38.9. The normalized spacial score (nSPS) is 24.9. The summed E-state index contributed by atoms with van der Waals surface area (Å²) in [5.41, 5.74) is -1.87. The van der Waals surface area contributed by atoms with Gasteiger partial charge in [0, 0.05) is 78.7 Å². The molecule has 0 bridgehead atoms. The van der Waals surface area contributed by atoms with Gasteiger partial charge in [-0.2, -0.15) is 0 Å². The number of alkyl halides is 2. The van der Waals surface area contributed by atoms with Crippen LogP contribution in [0.3, 0.4) is 0 Å². The first-order valence-corrected chi connectivity index (χ1v) is 38.5. The Labute approximate surface area is 636 Å². The Morgan fingerprint density at radius 2 is 1.42 bits per heavy atom. The second-order valence-corrected chi connectivity index (χ2v) is 29.6. The molecule has 3 saturated carbocycles. The summed E-state index contributed by atoms with van der Waals surface area (Å²) in [6.45, 7) is 18.1. The van der Waals surface area contributed by atoms with E-state index in [2.05, 4.69) is 33.2 Å². The molecular weight excluding hydrogens is 1410 g/mol. The largest absolute Gasteiger partial charge is 0.494 e. The quantitative estimate of drug-likeness (QED) is 0.0300. The van der Waals surface area contributed by atoms with Crippen LogP contribution >= 0.6 is 0 Å². The third kappa shape index (κ3) is 19.2. The molecule has 3 aromatic carbocycles. The molecule has 1 unspecified atom stereocenters. The number of anilines is 2. The molecule has 4 amide bonds. The topological polar surface area (TPSA) is 311 Å². The van der Waals surface area contributed by atoms with Crippen molar-refractivity contribution in [3.63, 3.8) is 0 Å². The highest BCUT2D eigenvalue weighted by Crippen LogP contribution is 2.72. The molecule has 28 heteroatoms. The summed E-state index contributed by atoms with van der Waals surface area (Å²) in [4.78, 5) is 96.4. The molecule has 2 aliphatic heterocycles. The van der Waals surface area contributed by atoms with Crippen molar-refractivity contribution in [2.24, 2.45) is 34.5 Å². The van der Waals surface area contributed by atoms with Gasteiger partial charge < -0.3 is 78.1 Å². The highest BCUT2D eigenvalue weighted by atomic mass is 19.1. The summed E-state index contributed by atoms with van der Waals surface area (Å²) in [5, 5.41) is 29.6. The fraction of sp³-hybridized carbons (Fsp3) is 0.617. The number of unbranched alkanes of at least 4 members (excludes halogenated alkanes) is 1. The third-order valence-electron chi connectivity index (χ3n) is 22.1.